The Bertz CT molecular complexity index is 1600. The van der Waals surface area contributed by atoms with Gasteiger partial charge in [-0.25, -0.2) is 0 Å². The van der Waals surface area contributed by atoms with Crippen LogP contribution in [0.2, 0.25) is 10.0 Å². The van der Waals surface area contributed by atoms with Crippen LogP contribution in [0, 0.1) is 0 Å². The Hall–Kier alpha value is -2.57. The molecule has 266 valence electrons. The van der Waals surface area contributed by atoms with Crippen molar-refractivity contribution in [3.05, 3.63) is 117 Å². The van der Waals surface area contributed by atoms with E-state index in [1.807, 2.05) is 72.8 Å². The fraction of sp³-hybridized carbons (Fsp3) is 0.222. The number of halogens is 2. The Balaban J connectivity index is 0.000000333. The minimum absolute atomic E-state index is 0. The Morgan fingerprint density at radius 2 is 0.857 bits per heavy atom. The van der Waals surface area contributed by atoms with Crippen LogP contribution in [0.25, 0.3) is 19.6 Å². The Kier molecular flexibility index (Phi) is 19.4. The smallest absolute Gasteiger partial charge is 0.161 e. The average molecular weight is 821 g/mol. The number of hydrogen-bond donors (Lipinski definition) is 0. The molecule has 0 aromatic heterocycles. The zero-order valence-electron chi connectivity index (χ0n) is 27.1. The number of methoxy groups -OCH3 is 4. The van der Waals surface area contributed by atoms with Crippen molar-refractivity contribution in [3.63, 3.8) is 0 Å². The summed E-state index contributed by atoms with van der Waals surface area (Å²) in [7, 11) is 6.41. The van der Waals surface area contributed by atoms with Gasteiger partial charge in [0.1, 0.15) is 13.2 Å². The predicted molar refractivity (Wildman–Crippen MR) is 207 cm³/mol. The van der Waals surface area contributed by atoms with E-state index in [0.717, 1.165) is 22.3 Å². The summed E-state index contributed by atoms with van der Waals surface area (Å²) in [4.78, 5) is 2.15. The zero-order chi connectivity index (χ0) is 35.1. The van der Waals surface area contributed by atoms with Crippen molar-refractivity contribution < 1.29 is 44.9 Å². The van der Waals surface area contributed by atoms with Crippen LogP contribution >= 0.6 is 23.2 Å². The summed E-state index contributed by atoms with van der Waals surface area (Å²) >= 11 is 34.4. The Morgan fingerprint density at radius 1 is 0.490 bits per heavy atom. The van der Waals surface area contributed by atoms with Crippen molar-refractivity contribution in [2.45, 2.75) is 0 Å². The molecule has 0 bridgehead atoms. The molecule has 6 nitrogen and oxygen atoms in total. The molecule has 0 aliphatic rings. The molecule has 4 aromatic rings. The van der Waals surface area contributed by atoms with E-state index in [-0.39, 0.29) is 16.5 Å². The van der Waals surface area contributed by atoms with Crippen molar-refractivity contribution in [1.29, 1.82) is 0 Å². The molecule has 0 spiro atoms. The third-order valence-electron chi connectivity index (χ3n) is 6.59. The van der Waals surface area contributed by atoms with E-state index >= 15 is 0 Å². The number of hydrogen-bond acceptors (Lipinski definition) is 10. The first-order valence-electron chi connectivity index (χ1n) is 14.4. The minimum Gasteiger partial charge on any atom is -0.780 e. The van der Waals surface area contributed by atoms with Crippen LogP contribution in [0.1, 0.15) is 22.3 Å². The maximum absolute atomic E-state index is 6.20. The Morgan fingerprint density at radius 3 is 1.18 bits per heavy atom. The maximum atomic E-state index is 6.20. The van der Waals surface area contributed by atoms with Gasteiger partial charge in [-0.3, -0.25) is 0 Å². The summed E-state index contributed by atoms with van der Waals surface area (Å²) in [5, 5.41) is 1.16. The van der Waals surface area contributed by atoms with Crippen molar-refractivity contribution in [2.24, 2.45) is 0 Å². The van der Waals surface area contributed by atoms with Crippen LogP contribution in [-0.2, 0) is 76.5 Å². The molecule has 0 amide bonds. The van der Waals surface area contributed by atoms with Crippen LogP contribution in [0.4, 0.5) is 0 Å². The topological polar surface area (TPSA) is 55.4 Å². The third kappa shape index (κ3) is 12.3. The van der Waals surface area contributed by atoms with Gasteiger partial charge >= 0.3 is 0 Å². The maximum Gasteiger partial charge on any atom is 0.161 e. The first-order valence-corrected chi connectivity index (χ1v) is 16.8. The molecule has 13 heteroatoms. The molecular formula is C36H34Cl2NiO6S4-4. The molecule has 0 saturated carbocycles. The van der Waals surface area contributed by atoms with Gasteiger partial charge in [-0.15, -0.1) is 0 Å². The second kappa shape index (κ2) is 22.3. The van der Waals surface area contributed by atoms with E-state index in [2.05, 4.69) is 0 Å². The van der Waals surface area contributed by atoms with Crippen molar-refractivity contribution >= 4 is 93.3 Å². The molecule has 49 heavy (non-hydrogen) atoms. The molecule has 0 aliphatic heterocycles. The Labute approximate surface area is 331 Å². The molecule has 0 N–H and O–H groups in total. The fourth-order valence-corrected chi connectivity index (χ4v) is 5.76. The van der Waals surface area contributed by atoms with E-state index in [1.165, 1.54) is 0 Å². The summed E-state index contributed by atoms with van der Waals surface area (Å²) in [6, 6.07) is 25.7. The molecule has 0 unspecified atom stereocenters. The molecule has 0 saturated heterocycles. The molecule has 0 aliphatic carbocycles. The van der Waals surface area contributed by atoms with Gasteiger partial charge in [0, 0.05) is 40.8 Å². The SMILES string of the molecule is COCCOc1ccc(/C([S-])=C(\[S-])c2ccccc2Cl)cc1OC.COCCOc1ccc(/C([S-])=C(\[S-])c2ccccc2Cl)cc1OC.[Ni]. The van der Waals surface area contributed by atoms with Gasteiger partial charge in [-0.05, 0) is 58.7 Å². The average Bonchev–Trinajstić information content (AvgIpc) is 3.11. The van der Waals surface area contributed by atoms with E-state index in [4.69, 9.17) is 102 Å². The quantitative estimate of drug-likeness (QED) is 0.0536. The van der Waals surface area contributed by atoms with Crippen LogP contribution in [-0.4, -0.2) is 54.9 Å². The molecule has 0 fully saturated rings. The number of benzene rings is 4. The van der Waals surface area contributed by atoms with Gasteiger partial charge in [0.15, 0.2) is 23.0 Å². The summed E-state index contributed by atoms with van der Waals surface area (Å²) < 4.78 is 32.0. The summed E-state index contributed by atoms with van der Waals surface area (Å²) in [6.07, 6.45) is 0. The zero-order valence-corrected chi connectivity index (χ0v) is 32.8. The van der Waals surface area contributed by atoms with Gasteiger partial charge in [0.2, 0.25) is 0 Å². The molecule has 0 atom stereocenters. The summed E-state index contributed by atoms with van der Waals surface area (Å²) in [5.41, 5.74) is 3.06. The summed E-state index contributed by atoms with van der Waals surface area (Å²) in [5.74, 6) is 2.44. The van der Waals surface area contributed by atoms with Crippen LogP contribution in [0.15, 0.2) is 84.9 Å². The standard InChI is InChI=1S/2C18H19ClO3S2.Ni/c2*1-20-9-10-22-15-8-7-12(11-16(15)21-2)17(23)18(24)13-5-3-4-6-14(13)19;/h2*3-8,11,23-24H,9-10H2,1-2H3;/p-4/b2*18-17+;. The summed E-state index contributed by atoms with van der Waals surface area (Å²) in [6.45, 7) is 1.88. The largest absolute Gasteiger partial charge is 0.780 e. The van der Waals surface area contributed by atoms with Crippen molar-refractivity contribution in [2.75, 3.05) is 54.9 Å². The van der Waals surface area contributed by atoms with Gasteiger partial charge in [-0.2, -0.15) is 19.6 Å². The van der Waals surface area contributed by atoms with Crippen LogP contribution in [0.3, 0.4) is 0 Å². The van der Waals surface area contributed by atoms with Gasteiger partial charge < -0.3 is 78.9 Å². The number of ether oxygens (including phenoxy) is 6. The predicted octanol–water partition coefficient (Wildman–Crippen LogP) is 8.58. The monoisotopic (exact) mass is 818 g/mol. The van der Waals surface area contributed by atoms with E-state index in [1.54, 1.807) is 40.6 Å². The van der Waals surface area contributed by atoms with E-state index < -0.39 is 0 Å². The van der Waals surface area contributed by atoms with E-state index in [0.29, 0.717) is 79.1 Å². The molecule has 0 radical (unpaired) electrons. The normalized spacial score (nSPS) is 11.6. The van der Waals surface area contributed by atoms with Crippen LogP contribution in [0.5, 0.6) is 23.0 Å². The second-order valence-corrected chi connectivity index (χ2v) is 12.1. The second-order valence-electron chi connectivity index (χ2n) is 9.69. The van der Waals surface area contributed by atoms with Crippen molar-refractivity contribution in [1.82, 2.24) is 0 Å². The number of rotatable bonds is 14. The van der Waals surface area contributed by atoms with Gasteiger partial charge in [0.05, 0.1) is 27.4 Å². The third-order valence-corrected chi connectivity index (χ3v) is 9.24. The molecule has 4 rings (SSSR count). The van der Waals surface area contributed by atoms with Crippen molar-refractivity contribution in [3.8, 4) is 23.0 Å². The molecular weight excluding hydrogens is 786 g/mol. The van der Waals surface area contributed by atoms with Gasteiger partial charge in [-0.1, -0.05) is 71.7 Å². The first-order chi connectivity index (χ1) is 23.2. The fourth-order valence-electron chi connectivity index (χ4n) is 4.12. The minimum atomic E-state index is 0. The molecule has 0 heterocycles. The first kappa shape index (κ1) is 42.6. The van der Waals surface area contributed by atoms with Gasteiger partial charge in [0.25, 0.3) is 0 Å². The van der Waals surface area contributed by atoms with Crippen LogP contribution < -0.4 is 18.9 Å². The molecule has 4 aromatic carbocycles. The van der Waals surface area contributed by atoms with E-state index in [9.17, 15) is 0 Å².